The molecular weight excluding hydrogens is 372 g/mol. The number of carbonyl (C=O) groups is 2. The molecule has 0 saturated heterocycles. The number of aryl methyl sites for hydroxylation is 1. The lowest BCUT2D eigenvalue weighted by molar-refractivity contribution is -0.148. The zero-order chi connectivity index (χ0) is 20.0. The van der Waals surface area contributed by atoms with Crippen molar-refractivity contribution in [3.8, 4) is 11.3 Å². The minimum atomic E-state index is -0.839. The minimum absolute atomic E-state index is 0.145. The Hall–Kier alpha value is -2.21. The van der Waals surface area contributed by atoms with Gasteiger partial charge >= 0.3 is 5.97 Å². The van der Waals surface area contributed by atoms with E-state index >= 15 is 0 Å². The minimum Gasteiger partial charge on any atom is -0.481 e. The molecule has 1 heterocycles. The first-order chi connectivity index (χ1) is 13.3. The maximum atomic E-state index is 12.9. The van der Waals surface area contributed by atoms with Gasteiger partial charge in [0.25, 0.3) is 0 Å². The zero-order valence-electron chi connectivity index (χ0n) is 16.4. The van der Waals surface area contributed by atoms with Crippen LogP contribution in [0, 0.1) is 30.6 Å². The van der Waals surface area contributed by atoms with E-state index in [4.69, 9.17) is 0 Å². The number of rotatable bonds is 5. The van der Waals surface area contributed by atoms with E-state index in [0.717, 1.165) is 35.4 Å². The van der Waals surface area contributed by atoms with Crippen LogP contribution >= 0.6 is 11.3 Å². The largest absolute Gasteiger partial charge is 0.481 e. The van der Waals surface area contributed by atoms with Crippen LogP contribution in [0.5, 0.6) is 0 Å². The number of aromatic nitrogens is 1. The topological polar surface area (TPSA) is 79.3 Å². The molecule has 1 aromatic heterocycles. The Morgan fingerprint density at radius 1 is 1.14 bits per heavy atom. The normalized spacial score (nSPS) is 26.0. The van der Waals surface area contributed by atoms with E-state index < -0.39 is 17.8 Å². The van der Waals surface area contributed by atoms with Gasteiger partial charge in [0.05, 0.1) is 17.5 Å². The molecular formula is C22H26N2O3S. The van der Waals surface area contributed by atoms with Crippen LogP contribution in [0.15, 0.2) is 24.3 Å². The van der Waals surface area contributed by atoms with Gasteiger partial charge in [0.15, 0.2) is 5.13 Å². The summed E-state index contributed by atoms with van der Waals surface area (Å²) in [6.45, 7) is 6.32. The predicted molar refractivity (Wildman–Crippen MR) is 110 cm³/mol. The molecule has 2 aliphatic rings. The number of benzene rings is 1. The third-order valence-corrected chi connectivity index (χ3v) is 7.27. The fourth-order valence-electron chi connectivity index (χ4n) is 4.96. The molecule has 0 unspecified atom stereocenters. The maximum Gasteiger partial charge on any atom is 0.307 e. The highest BCUT2D eigenvalue weighted by Crippen LogP contribution is 2.52. The molecule has 0 aliphatic heterocycles. The monoisotopic (exact) mass is 398 g/mol. The smallest absolute Gasteiger partial charge is 0.307 e. The van der Waals surface area contributed by atoms with Crippen molar-refractivity contribution >= 4 is 28.3 Å². The Kier molecular flexibility index (Phi) is 5.00. The number of carbonyl (C=O) groups excluding carboxylic acids is 1. The second-order valence-corrected chi connectivity index (χ2v) is 9.62. The second-order valence-electron chi connectivity index (χ2n) is 8.41. The van der Waals surface area contributed by atoms with Gasteiger partial charge in [0, 0.05) is 10.4 Å². The Balaban J connectivity index is 1.52. The van der Waals surface area contributed by atoms with Gasteiger partial charge in [-0.2, -0.15) is 0 Å². The number of fused-ring (bicyclic) bond motifs is 2. The summed E-state index contributed by atoms with van der Waals surface area (Å²) in [5.41, 5.74) is 3.18. The number of aliphatic carboxylic acids is 1. The summed E-state index contributed by atoms with van der Waals surface area (Å²) in [4.78, 5) is 30.2. The Morgan fingerprint density at radius 2 is 1.79 bits per heavy atom. The van der Waals surface area contributed by atoms with Crippen molar-refractivity contribution in [3.63, 3.8) is 0 Å². The van der Waals surface area contributed by atoms with E-state index in [1.54, 1.807) is 0 Å². The summed E-state index contributed by atoms with van der Waals surface area (Å²) in [5, 5.41) is 13.1. The first-order valence-corrected chi connectivity index (χ1v) is 10.8. The van der Waals surface area contributed by atoms with Crippen LogP contribution in [0.25, 0.3) is 11.3 Å². The summed E-state index contributed by atoms with van der Waals surface area (Å²) >= 11 is 1.45. The van der Waals surface area contributed by atoms with E-state index in [1.165, 1.54) is 16.9 Å². The van der Waals surface area contributed by atoms with E-state index in [0.29, 0.717) is 11.0 Å². The van der Waals surface area contributed by atoms with Gasteiger partial charge < -0.3 is 10.4 Å². The number of thiazole rings is 1. The first-order valence-electron chi connectivity index (χ1n) is 9.96. The summed E-state index contributed by atoms with van der Waals surface area (Å²) in [5.74, 6) is -1.20. The van der Waals surface area contributed by atoms with Crippen LogP contribution in [0.2, 0.25) is 0 Å². The lowest BCUT2D eigenvalue weighted by Gasteiger charge is -2.26. The highest BCUT2D eigenvalue weighted by molar-refractivity contribution is 7.16. The van der Waals surface area contributed by atoms with E-state index in [1.807, 2.05) is 6.92 Å². The summed E-state index contributed by atoms with van der Waals surface area (Å²) < 4.78 is 0. The number of carboxylic acids is 1. The average molecular weight is 399 g/mol. The van der Waals surface area contributed by atoms with Gasteiger partial charge in [-0.05, 0) is 49.5 Å². The van der Waals surface area contributed by atoms with Gasteiger partial charge in [0.1, 0.15) is 0 Å². The van der Waals surface area contributed by atoms with Crippen LogP contribution in [-0.4, -0.2) is 22.0 Å². The first kappa shape index (κ1) is 19.1. The summed E-state index contributed by atoms with van der Waals surface area (Å²) in [6, 6.07) is 8.37. The molecule has 4 rings (SSSR count). The van der Waals surface area contributed by atoms with Crippen molar-refractivity contribution < 1.29 is 14.7 Å². The number of nitrogens with zero attached hydrogens (tertiary/aromatic N) is 1. The standard InChI is InChI=1S/C22H26N2O3S/c1-11(2)13-4-6-14(7-5-13)19-12(3)28-22(23-19)24-20(25)17-15-8-9-16(10-15)18(17)21(26)27/h4-7,11,15-18H,8-10H2,1-3H3,(H,26,27)(H,23,24,25)/t15-,16-,17-,18-/m0/s1. The number of amides is 1. The van der Waals surface area contributed by atoms with E-state index in [9.17, 15) is 14.7 Å². The predicted octanol–water partition coefficient (Wildman–Crippen LogP) is 4.93. The van der Waals surface area contributed by atoms with Crippen molar-refractivity contribution in [3.05, 3.63) is 34.7 Å². The number of anilines is 1. The Labute approximate surface area is 169 Å². The average Bonchev–Trinajstić information content (AvgIpc) is 3.35. The molecule has 2 N–H and O–H groups in total. The summed E-state index contributed by atoms with van der Waals surface area (Å²) in [6.07, 6.45) is 2.74. The lowest BCUT2D eigenvalue weighted by Crippen LogP contribution is -2.37. The fraction of sp³-hybridized carbons (Fsp3) is 0.500. The molecule has 5 nitrogen and oxygen atoms in total. The van der Waals surface area contributed by atoms with Crippen molar-refractivity contribution in [1.29, 1.82) is 0 Å². The zero-order valence-corrected chi connectivity index (χ0v) is 17.3. The fourth-order valence-corrected chi connectivity index (χ4v) is 5.79. The van der Waals surface area contributed by atoms with Crippen LogP contribution < -0.4 is 5.32 Å². The molecule has 6 heteroatoms. The third-order valence-electron chi connectivity index (χ3n) is 6.38. The van der Waals surface area contributed by atoms with Gasteiger partial charge in [-0.15, -0.1) is 11.3 Å². The Bertz CT molecular complexity index is 903. The molecule has 28 heavy (non-hydrogen) atoms. The molecule has 0 spiro atoms. The quantitative estimate of drug-likeness (QED) is 0.749. The van der Waals surface area contributed by atoms with E-state index in [2.05, 4.69) is 48.4 Å². The summed E-state index contributed by atoms with van der Waals surface area (Å²) in [7, 11) is 0. The molecule has 2 saturated carbocycles. The number of carboxylic acid groups (broad SMARTS) is 1. The van der Waals surface area contributed by atoms with E-state index in [-0.39, 0.29) is 17.7 Å². The van der Waals surface area contributed by atoms with Crippen molar-refractivity contribution in [2.45, 2.75) is 46.0 Å². The highest BCUT2D eigenvalue weighted by atomic mass is 32.1. The molecule has 2 fully saturated rings. The molecule has 148 valence electrons. The molecule has 1 amide bonds. The van der Waals surface area contributed by atoms with Crippen LogP contribution in [0.3, 0.4) is 0 Å². The Morgan fingerprint density at radius 3 is 2.39 bits per heavy atom. The number of nitrogens with one attached hydrogen (secondary N) is 1. The molecule has 1 aromatic carbocycles. The van der Waals surface area contributed by atoms with Crippen LogP contribution in [0.1, 0.15) is 49.5 Å². The van der Waals surface area contributed by atoms with Crippen LogP contribution in [-0.2, 0) is 9.59 Å². The van der Waals surface area contributed by atoms with Crippen molar-refractivity contribution in [2.75, 3.05) is 5.32 Å². The molecule has 2 aromatic rings. The lowest BCUT2D eigenvalue weighted by atomic mass is 9.79. The van der Waals surface area contributed by atoms with Crippen molar-refractivity contribution in [2.24, 2.45) is 23.7 Å². The number of hydrogen-bond donors (Lipinski definition) is 2. The van der Waals surface area contributed by atoms with Crippen molar-refractivity contribution in [1.82, 2.24) is 4.98 Å². The van der Waals surface area contributed by atoms with Gasteiger partial charge in [-0.3, -0.25) is 9.59 Å². The molecule has 0 radical (unpaired) electrons. The molecule has 2 aliphatic carbocycles. The maximum absolute atomic E-state index is 12.9. The van der Waals surface area contributed by atoms with Crippen LogP contribution in [0.4, 0.5) is 5.13 Å². The molecule has 4 atom stereocenters. The second kappa shape index (κ2) is 7.32. The van der Waals surface area contributed by atoms with Gasteiger partial charge in [-0.1, -0.05) is 38.1 Å². The number of hydrogen-bond acceptors (Lipinski definition) is 4. The SMILES string of the molecule is Cc1sc(NC(=O)[C@H]2[C@H]3CC[C@@H](C3)[C@@H]2C(=O)O)nc1-c1ccc(C(C)C)cc1. The van der Waals surface area contributed by atoms with Gasteiger partial charge in [0.2, 0.25) is 5.91 Å². The molecule has 2 bridgehead atoms. The van der Waals surface area contributed by atoms with Gasteiger partial charge in [-0.25, -0.2) is 4.98 Å². The highest BCUT2D eigenvalue weighted by Gasteiger charge is 2.54. The third kappa shape index (κ3) is 3.34.